The van der Waals surface area contributed by atoms with Gasteiger partial charge in [-0.3, -0.25) is 14.5 Å². The van der Waals surface area contributed by atoms with Crippen molar-refractivity contribution in [3.63, 3.8) is 0 Å². The zero-order valence-electron chi connectivity index (χ0n) is 17.0. The van der Waals surface area contributed by atoms with Crippen molar-refractivity contribution in [2.75, 3.05) is 26.2 Å². The summed E-state index contributed by atoms with van der Waals surface area (Å²) in [5.41, 5.74) is 0.965. The van der Waals surface area contributed by atoms with Gasteiger partial charge in [0.2, 0.25) is 5.91 Å². The monoisotopic (exact) mass is 374 g/mol. The molecule has 1 aliphatic heterocycles. The molecule has 0 spiro atoms. The van der Waals surface area contributed by atoms with Gasteiger partial charge in [0.25, 0.3) is 0 Å². The van der Waals surface area contributed by atoms with E-state index in [2.05, 4.69) is 38.1 Å². The molecule has 5 nitrogen and oxygen atoms in total. The number of nitrogens with zero attached hydrogens (tertiary/aromatic N) is 2. The lowest BCUT2D eigenvalue weighted by Crippen LogP contribution is -2.50. The number of carbonyl (C=O) groups excluding carboxylic acids is 1. The summed E-state index contributed by atoms with van der Waals surface area (Å²) in [4.78, 5) is 28.0. The highest BCUT2D eigenvalue weighted by molar-refractivity contribution is 5.82. The zero-order chi connectivity index (χ0) is 19.9. The fourth-order valence-corrected chi connectivity index (χ4v) is 4.02. The number of benzene rings is 1. The molecule has 150 valence electrons. The molecule has 0 atom stereocenters. The van der Waals surface area contributed by atoms with Gasteiger partial charge in [0, 0.05) is 24.5 Å². The Morgan fingerprint density at radius 2 is 1.81 bits per heavy atom. The van der Waals surface area contributed by atoms with E-state index in [0.29, 0.717) is 0 Å². The molecule has 1 N–H and O–H groups in total. The molecule has 1 amide bonds. The summed E-state index contributed by atoms with van der Waals surface area (Å²) in [6.07, 6.45) is 4.59. The number of amides is 1. The van der Waals surface area contributed by atoms with E-state index in [-0.39, 0.29) is 23.9 Å². The third kappa shape index (κ3) is 6.35. The van der Waals surface area contributed by atoms with Crippen molar-refractivity contribution in [3.05, 3.63) is 35.9 Å². The Kier molecular flexibility index (Phi) is 7.84. The van der Waals surface area contributed by atoms with Crippen LogP contribution in [-0.4, -0.2) is 59.0 Å². The third-order valence-electron chi connectivity index (χ3n) is 5.70. The van der Waals surface area contributed by atoms with Crippen LogP contribution in [0.4, 0.5) is 0 Å². The number of carboxylic acid groups (broad SMARTS) is 1. The Morgan fingerprint density at radius 1 is 1.19 bits per heavy atom. The number of rotatable bonds is 9. The molecule has 0 saturated carbocycles. The Bertz CT molecular complexity index is 607. The number of aliphatic carboxylic acids is 1. The number of hydrogen-bond acceptors (Lipinski definition) is 3. The van der Waals surface area contributed by atoms with E-state index in [0.717, 1.165) is 51.7 Å². The second kappa shape index (κ2) is 9.88. The van der Waals surface area contributed by atoms with Crippen LogP contribution in [-0.2, 0) is 16.0 Å². The molecule has 1 aromatic rings. The van der Waals surface area contributed by atoms with Crippen molar-refractivity contribution in [2.24, 2.45) is 5.41 Å². The van der Waals surface area contributed by atoms with Gasteiger partial charge in [0.15, 0.2) is 0 Å². The molecule has 1 heterocycles. The Balaban J connectivity index is 1.81. The fraction of sp³-hybridized carbons (Fsp3) is 0.636. The first kappa shape index (κ1) is 21.4. The van der Waals surface area contributed by atoms with Crippen molar-refractivity contribution < 1.29 is 14.7 Å². The standard InChI is InChI=1S/C22H34N2O3/c1-4-23(17-20(25)26)19-12-15-24(16-13-19)21(27)22(2,3)14-8-11-18-9-6-5-7-10-18/h5-7,9-10,19H,4,8,11-17H2,1-3H3,(H,25,26). The van der Waals surface area contributed by atoms with Crippen molar-refractivity contribution in [3.8, 4) is 0 Å². The Morgan fingerprint density at radius 3 is 2.37 bits per heavy atom. The molecule has 0 bridgehead atoms. The Labute approximate surface area is 163 Å². The summed E-state index contributed by atoms with van der Waals surface area (Å²) < 4.78 is 0. The number of carboxylic acids is 1. The highest BCUT2D eigenvalue weighted by atomic mass is 16.4. The molecule has 1 fully saturated rings. The van der Waals surface area contributed by atoms with E-state index in [1.165, 1.54) is 5.56 Å². The average Bonchev–Trinajstić information content (AvgIpc) is 2.66. The minimum atomic E-state index is -0.782. The third-order valence-corrected chi connectivity index (χ3v) is 5.70. The average molecular weight is 375 g/mol. The topological polar surface area (TPSA) is 60.9 Å². The van der Waals surface area contributed by atoms with E-state index in [9.17, 15) is 9.59 Å². The van der Waals surface area contributed by atoms with Gasteiger partial charge >= 0.3 is 5.97 Å². The van der Waals surface area contributed by atoms with Gasteiger partial charge in [-0.15, -0.1) is 0 Å². The summed E-state index contributed by atoms with van der Waals surface area (Å²) in [6.45, 7) is 8.36. The van der Waals surface area contributed by atoms with Crippen molar-refractivity contribution in [2.45, 2.75) is 58.9 Å². The first-order valence-electron chi connectivity index (χ1n) is 10.1. The van der Waals surface area contributed by atoms with Crippen LogP contribution >= 0.6 is 0 Å². The van der Waals surface area contributed by atoms with Crippen LogP contribution in [0.15, 0.2) is 30.3 Å². The lowest BCUT2D eigenvalue weighted by atomic mass is 9.84. The van der Waals surface area contributed by atoms with Crippen LogP contribution in [0.1, 0.15) is 52.0 Å². The zero-order valence-corrected chi connectivity index (χ0v) is 17.0. The van der Waals surface area contributed by atoms with Crippen LogP contribution < -0.4 is 0 Å². The van der Waals surface area contributed by atoms with Crippen molar-refractivity contribution >= 4 is 11.9 Å². The van der Waals surface area contributed by atoms with E-state index < -0.39 is 5.97 Å². The molecule has 5 heteroatoms. The summed E-state index contributed by atoms with van der Waals surface area (Å²) in [5, 5.41) is 9.05. The normalized spacial score (nSPS) is 15.9. The van der Waals surface area contributed by atoms with E-state index in [4.69, 9.17) is 5.11 Å². The van der Waals surface area contributed by atoms with Crippen LogP contribution in [0.25, 0.3) is 0 Å². The highest BCUT2D eigenvalue weighted by Crippen LogP contribution is 2.28. The maximum atomic E-state index is 13.0. The molecule has 0 radical (unpaired) electrons. The van der Waals surface area contributed by atoms with Gasteiger partial charge < -0.3 is 10.0 Å². The molecule has 0 aliphatic carbocycles. The number of likely N-dealkylation sites (N-methyl/N-ethyl adjacent to an activating group) is 1. The lowest BCUT2D eigenvalue weighted by Gasteiger charge is -2.40. The number of carbonyl (C=O) groups is 2. The fourth-order valence-electron chi connectivity index (χ4n) is 4.02. The van der Waals surface area contributed by atoms with Gasteiger partial charge in [-0.2, -0.15) is 0 Å². The minimum absolute atomic E-state index is 0.0834. The number of hydrogen-bond donors (Lipinski definition) is 1. The molecule has 0 unspecified atom stereocenters. The second-order valence-corrected chi connectivity index (χ2v) is 8.20. The smallest absolute Gasteiger partial charge is 0.317 e. The Hall–Kier alpha value is -1.88. The van der Waals surface area contributed by atoms with Crippen LogP contribution in [0.3, 0.4) is 0 Å². The summed E-state index contributed by atoms with van der Waals surface area (Å²) in [5.74, 6) is -0.551. The maximum Gasteiger partial charge on any atom is 0.317 e. The largest absolute Gasteiger partial charge is 0.480 e. The van der Waals surface area contributed by atoms with Gasteiger partial charge in [-0.1, -0.05) is 51.1 Å². The second-order valence-electron chi connectivity index (χ2n) is 8.20. The summed E-state index contributed by atoms with van der Waals surface area (Å²) in [6, 6.07) is 10.7. The minimum Gasteiger partial charge on any atom is -0.480 e. The van der Waals surface area contributed by atoms with Crippen LogP contribution in [0.2, 0.25) is 0 Å². The van der Waals surface area contributed by atoms with Gasteiger partial charge in [0.1, 0.15) is 0 Å². The molecule has 2 rings (SSSR count). The van der Waals surface area contributed by atoms with E-state index >= 15 is 0 Å². The van der Waals surface area contributed by atoms with Crippen LogP contribution in [0, 0.1) is 5.41 Å². The number of likely N-dealkylation sites (tertiary alicyclic amines) is 1. The van der Waals surface area contributed by atoms with Gasteiger partial charge in [-0.25, -0.2) is 0 Å². The molecule has 1 saturated heterocycles. The quantitative estimate of drug-likeness (QED) is 0.719. The molecule has 1 aromatic carbocycles. The van der Waals surface area contributed by atoms with Crippen LogP contribution in [0.5, 0.6) is 0 Å². The number of piperidine rings is 1. The molecule has 27 heavy (non-hydrogen) atoms. The number of aryl methyl sites for hydroxylation is 1. The van der Waals surface area contributed by atoms with Crippen molar-refractivity contribution in [1.82, 2.24) is 9.80 Å². The van der Waals surface area contributed by atoms with Crippen molar-refractivity contribution in [1.29, 1.82) is 0 Å². The SMILES string of the molecule is CCN(CC(=O)O)C1CCN(C(=O)C(C)(C)CCCc2ccccc2)CC1. The molecular formula is C22H34N2O3. The van der Waals surface area contributed by atoms with Gasteiger partial charge in [0.05, 0.1) is 6.54 Å². The first-order chi connectivity index (χ1) is 12.8. The predicted molar refractivity (Wildman–Crippen MR) is 108 cm³/mol. The van der Waals surface area contributed by atoms with Gasteiger partial charge in [-0.05, 0) is 44.2 Å². The van der Waals surface area contributed by atoms with E-state index in [1.807, 2.05) is 22.8 Å². The summed E-state index contributed by atoms with van der Waals surface area (Å²) >= 11 is 0. The molecule has 0 aromatic heterocycles. The molecule has 1 aliphatic rings. The first-order valence-corrected chi connectivity index (χ1v) is 10.1. The lowest BCUT2D eigenvalue weighted by molar-refractivity contribution is -0.144. The highest BCUT2D eigenvalue weighted by Gasteiger charge is 2.34. The maximum absolute atomic E-state index is 13.0. The van der Waals surface area contributed by atoms with E-state index in [1.54, 1.807) is 0 Å². The summed E-state index contributed by atoms with van der Waals surface area (Å²) in [7, 11) is 0. The molecular weight excluding hydrogens is 340 g/mol. The predicted octanol–water partition coefficient (Wildman–Crippen LogP) is 3.43.